The Bertz CT molecular complexity index is 668. The van der Waals surface area contributed by atoms with Crippen LogP contribution >= 0.6 is 0 Å². The van der Waals surface area contributed by atoms with Gasteiger partial charge in [-0.25, -0.2) is 4.39 Å². The number of nitrogens with zero attached hydrogens (tertiary/aromatic N) is 2. The lowest BCUT2D eigenvalue weighted by Gasteiger charge is -2.19. The van der Waals surface area contributed by atoms with E-state index in [2.05, 4.69) is 5.32 Å². The van der Waals surface area contributed by atoms with E-state index in [0.717, 1.165) is 38.8 Å². The molecule has 1 saturated carbocycles. The van der Waals surface area contributed by atoms with Crippen LogP contribution < -0.4 is 10.2 Å². The molecule has 1 aromatic carbocycles. The second-order valence-electron chi connectivity index (χ2n) is 7.03. The van der Waals surface area contributed by atoms with E-state index >= 15 is 0 Å². The molecule has 0 spiro atoms. The van der Waals surface area contributed by atoms with Gasteiger partial charge in [-0.3, -0.25) is 9.59 Å². The average molecular weight is 331 g/mol. The highest BCUT2D eigenvalue weighted by Crippen LogP contribution is 2.33. The lowest BCUT2D eigenvalue weighted by molar-refractivity contribution is -0.128. The summed E-state index contributed by atoms with van der Waals surface area (Å²) in [5.74, 6) is -0.774. The third-order valence-corrected chi connectivity index (χ3v) is 5.18. The van der Waals surface area contributed by atoms with E-state index in [1.54, 1.807) is 12.1 Å². The highest BCUT2D eigenvalue weighted by atomic mass is 19.1. The Morgan fingerprint density at radius 3 is 2.62 bits per heavy atom. The standard InChI is InChI=1S/C18H22FN3O2/c19-15-10-13(3-6-16(15)21-7-1-2-8-21)20-18(24)12-9-17(23)22(11-12)14-4-5-14/h3,6,10,12,14H,1-2,4-5,7-9,11H2,(H,20,24)/t12-/m1/s1. The van der Waals surface area contributed by atoms with E-state index in [-0.39, 0.29) is 30.0 Å². The van der Waals surface area contributed by atoms with Gasteiger partial charge in [0, 0.05) is 37.8 Å². The van der Waals surface area contributed by atoms with Crippen molar-refractivity contribution in [3.63, 3.8) is 0 Å². The summed E-state index contributed by atoms with van der Waals surface area (Å²) in [5, 5.41) is 2.77. The molecule has 6 heteroatoms. The fraction of sp³-hybridized carbons (Fsp3) is 0.556. The zero-order chi connectivity index (χ0) is 16.7. The van der Waals surface area contributed by atoms with Crippen molar-refractivity contribution >= 4 is 23.2 Å². The fourth-order valence-corrected chi connectivity index (χ4v) is 3.69. The van der Waals surface area contributed by atoms with Crippen LogP contribution in [0, 0.1) is 11.7 Å². The first-order valence-corrected chi connectivity index (χ1v) is 8.76. The normalized spacial score (nSPS) is 23.9. The van der Waals surface area contributed by atoms with Gasteiger partial charge in [0.25, 0.3) is 0 Å². The lowest BCUT2D eigenvalue weighted by Crippen LogP contribution is -2.29. The third-order valence-electron chi connectivity index (χ3n) is 5.18. The van der Waals surface area contributed by atoms with Crippen molar-refractivity contribution in [3.8, 4) is 0 Å². The van der Waals surface area contributed by atoms with Gasteiger partial charge in [-0.2, -0.15) is 0 Å². The van der Waals surface area contributed by atoms with Gasteiger partial charge < -0.3 is 15.1 Å². The van der Waals surface area contributed by atoms with E-state index in [9.17, 15) is 14.0 Å². The monoisotopic (exact) mass is 331 g/mol. The summed E-state index contributed by atoms with van der Waals surface area (Å²) < 4.78 is 14.3. The highest BCUT2D eigenvalue weighted by Gasteiger charge is 2.41. The predicted octanol–water partition coefficient (Wildman–Crippen LogP) is 2.38. The second-order valence-corrected chi connectivity index (χ2v) is 7.03. The minimum absolute atomic E-state index is 0.0632. The quantitative estimate of drug-likeness (QED) is 0.922. The zero-order valence-corrected chi connectivity index (χ0v) is 13.6. The lowest BCUT2D eigenvalue weighted by atomic mass is 10.1. The number of likely N-dealkylation sites (tertiary alicyclic amines) is 1. The predicted molar refractivity (Wildman–Crippen MR) is 89.3 cm³/mol. The number of amides is 2. The third kappa shape index (κ3) is 2.97. The number of carbonyl (C=O) groups is 2. The molecule has 2 heterocycles. The van der Waals surface area contributed by atoms with Crippen molar-refractivity contribution in [3.05, 3.63) is 24.0 Å². The fourth-order valence-electron chi connectivity index (χ4n) is 3.69. The van der Waals surface area contributed by atoms with E-state index in [1.807, 2.05) is 9.80 Å². The molecule has 4 rings (SSSR count). The van der Waals surface area contributed by atoms with Crippen molar-refractivity contribution in [1.29, 1.82) is 0 Å². The van der Waals surface area contributed by atoms with Crippen LogP contribution in [0.2, 0.25) is 0 Å². The van der Waals surface area contributed by atoms with E-state index in [1.165, 1.54) is 6.07 Å². The molecule has 24 heavy (non-hydrogen) atoms. The Hall–Kier alpha value is -2.11. The Kier molecular flexibility index (Phi) is 3.90. The summed E-state index contributed by atoms with van der Waals surface area (Å²) in [6, 6.07) is 5.19. The molecule has 0 radical (unpaired) electrons. The number of nitrogens with one attached hydrogen (secondary N) is 1. The van der Waals surface area contributed by atoms with Gasteiger partial charge in [-0.15, -0.1) is 0 Å². The Morgan fingerprint density at radius 1 is 1.21 bits per heavy atom. The first-order valence-electron chi connectivity index (χ1n) is 8.76. The van der Waals surface area contributed by atoms with Gasteiger partial charge in [-0.1, -0.05) is 0 Å². The molecule has 0 aromatic heterocycles. The number of carbonyl (C=O) groups excluding carboxylic acids is 2. The van der Waals surface area contributed by atoms with Gasteiger partial charge in [0.05, 0.1) is 11.6 Å². The number of hydrogen-bond acceptors (Lipinski definition) is 3. The van der Waals surface area contributed by atoms with E-state index in [4.69, 9.17) is 0 Å². The van der Waals surface area contributed by atoms with Gasteiger partial charge in [0.1, 0.15) is 5.82 Å². The molecule has 3 aliphatic rings. The Balaban J connectivity index is 1.40. The molecule has 2 aliphatic heterocycles. The van der Waals surface area contributed by atoms with Crippen molar-refractivity contribution < 1.29 is 14.0 Å². The Morgan fingerprint density at radius 2 is 1.96 bits per heavy atom. The topological polar surface area (TPSA) is 52.7 Å². The summed E-state index contributed by atoms with van der Waals surface area (Å²) in [6.07, 6.45) is 4.53. The number of benzene rings is 1. The molecular formula is C18H22FN3O2. The van der Waals surface area contributed by atoms with Gasteiger partial charge in [0.2, 0.25) is 11.8 Å². The summed E-state index contributed by atoms with van der Waals surface area (Å²) in [7, 11) is 0. The van der Waals surface area contributed by atoms with Crippen LogP contribution in [0.4, 0.5) is 15.8 Å². The molecule has 5 nitrogen and oxygen atoms in total. The SMILES string of the molecule is O=C(Nc1ccc(N2CCCC2)c(F)c1)[C@@H]1CC(=O)N(C2CC2)C1. The molecule has 2 amide bonds. The van der Waals surface area contributed by atoms with Gasteiger partial charge in [-0.05, 0) is 43.9 Å². The summed E-state index contributed by atoms with van der Waals surface area (Å²) >= 11 is 0. The smallest absolute Gasteiger partial charge is 0.229 e. The minimum Gasteiger partial charge on any atom is -0.369 e. The maximum Gasteiger partial charge on any atom is 0.229 e. The van der Waals surface area contributed by atoms with E-state index in [0.29, 0.717) is 24.0 Å². The molecule has 128 valence electrons. The van der Waals surface area contributed by atoms with E-state index < -0.39 is 0 Å². The maximum atomic E-state index is 14.3. The molecule has 1 atom stereocenters. The van der Waals surface area contributed by atoms with Crippen molar-refractivity contribution in [2.45, 2.75) is 38.1 Å². The summed E-state index contributed by atoms with van der Waals surface area (Å²) in [6.45, 7) is 2.25. The first-order chi connectivity index (χ1) is 11.6. The van der Waals surface area contributed by atoms with Crippen LogP contribution in [0.3, 0.4) is 0 Å². The van der Waals surface area contributed by atoms with Crippen molar-refractivity contribution in [2.75, 3.05) is 29.9 Å². The maximum absolute atomic E-state index is 14.3. The molecule has 1 aromatic rings. The number of anilines is 2. The molecule has 0 unspecified atom stereocenters. The highest BCUT2D eigenvalue weighted by molar-refractivity contribution is 5.97. The largest absolute Gasteiger partial charge is 0.369 e. The molecular weight excluding hydrogens is 309 g/mol. The van der Waals surface area contributed by atoms with Crippen LogP contribution in [-0.4, -0.2) is 42.4 Å². The van der Waals surface area contributed by atoms with Crippen LogP contribution in [-0.2, 0) is 9.59 Å². The zero-order valence-electron chi connectivity index (χ0n) is 13.6. The molecule has 3 fully saturated rings. The first kappa shape index (κ1) is 15.4. The molecule has 1 N–H and O–H groups in total. The van der Waals surface area contributed by atoms with Gasteiger partial charge in [0.15, 0.2) is 0 Å². The van der Waals surface area contributed by atoms with Crippen molar-refractivity contribution in [1.82, 2.24) is 4.90 Å². The molecule has 2 saturated heterocycles. The minimum atomic E-state index is -0.334. The summed E-state index contributed by atoms with van der Waals surface area (Å²) in [4.78, 5) is 28.2. The van der Waals surface area contributed by atoms with Crippen LogP contribution in [0.5, 0.6) is 0 Å². The molecule has 1 aliphatic carbocycles. The average Bonchev–Trinajstić information content (AvgIpc) is 3.09. The second kappa shape index (κ2) is 6.07. The van der Waals surface area contributed by atoms with Crippen LogP contribution in [0.1, 0.15) is 32.1 Å². The Labute approximate surface area is 140 Å². The molecule has 0 bridgehead atoms. The number of hydrogen-bond donors (Lipinski definition) is 1. The van der Waals surface area contributed by atoms with Gasteiger partial charge >= 0.3 is 0 Å². The number of halogens is 1. The van der Waals surface area contributed by atoms with Crippen molar-refractivity contribution in [2.24, 2.45) is 5.92 Å². The van der Waals surface area contributed by atoms with Crippen LogP contribution in [0.25, 0.3) is 0 Å². The number of rotatable bonds is 4. The summed E-state index contributed by atoms with van der Waals surface area (Å²) in [5.41, 5.74) is 1.05. The van der Waals surface area contributed by atoms with Crippen LogP contribution in [0.15, 0.2) is 18.2 Å².